The van der Waals surface area contributed by atoms with E-state index in [1.807, 2.05) is 17.0 Å². The van der Waals surface area contributed by atoms with Crippen LogP contribution in [0.4, 0.5) is 17.3 Å². The number of rotatable bonds is 3. The van der Waals surface area contributed by atoms with Gasteiger partial charge in [0.25, 0.3) is 0 Å². The van der Waals surface area contributed by atoms with E-state index in [4.69, 9.17) is 0 Å². The Labute approximate surface area is 121 Å². The summed E-state index contributed by atoms with van der Waals surface area (Å²) in [4.78, 5) is 26.5. The second kappa shape index (κ2) is 5.70. The van der Waals surface area contributed by atoms with Gasteiger partial charge in [-0.25, -0.2) is 9.97 Å². The number of nitrogens with zero attached hydrogens (tertiary/aromatic N) is 6. The minimum Gasteiger partial charge on any atom is -0.368 e. The van der Waals surface area contributed by atoms with E-state index in [-0.39, 0.29) is 5.69 Å². The molecule has 8 nitrogen and oxygen atoms in total. The van der Waals surface area contributed by atoms with Crippen LogP contribution in [0.3, 0.4) is 0 Å². The van der Waals surface area contributed by atoms with Crippen molar-refractivity contribution in [3.63, 3.8) is 0 Å². The normalized spacial score (nSPS) is 15.0. The van der Waals surface area contributed by atoms with E-state index in [9.17, 15) is 10.1 Å². The summed E-state index contributed by atoms with van der Waals surface area (Å²) in [5, 5.41) is 10.6. The molecule has 0 aliphatic carbocycles. The Kier molecular flexibility index (Phi) is 3.59. The summed E-state index contributed by atoms with van der Waals surface area (Å²) in [6.45, 7) is 3.26. The van der Waals surface area contributed by atoms with Gasteiger partial charge in [0.05, 0.1) is 4.92 Å². The molecule has 21 heavy (non-hydrogen) atoms. The SMILES string of the molecule is O=[N+]([O-])c1cnc(N2CCN(c3ccncc3)CC2)nc1. The first-order valence-corrected chi connectivity index (χ1v) is 6.60. The zero-order valence-electron chi connectivity index (χ0n) is 11.3. The Bertz CT molecular complexity index is 610. The maximum absolute atomic E-state index is 10.6. The summed E-state index contributed by atoms with van der Waals surface area (Å²) in [5.41, 5.74) is 1.06. The Hall–Kier alpha value is -2.77. The number of hydrogen-bond donors (Lipinski definition) is 0. The summed E-state index contributed by atoms with van der Waals surface area (Å²) < 4.78 is 0. The largest absolute Gasteiger partial charge is 0.368 e. The summed E-state index contributed by atoms with van der Waals surface area (Å²) in [6, 6.07) is 3.97. The molecule has 0 radical (unpaired) electrons. The van der Waals surface area contributed by atoms with Gasteiger partial charge in [-0.3, -0.25) is 15.1 Å². The van der Waals surface area contributed by atoms with Crippen molar-refractivity contribution in [2.75, 3.05) is 36.0 Å². The van der Waals surface area contributed by atoms with Gasteiger partial charge in [0.15, 0.2) is 0 Å². The average molecular weight is 286 g/mol. The molecule has 0 aromatic carbocycles. The molecule has 1 aliphatic heterocycles. The van der Waals surface area contributed by atoms with Crippen LogP contribution < -0.4 is 9.80 Å². The van der Waals surface area contributed by atoms with Gasteiger partial charge in [-0.2, -0.15) is 0 Å². The minimum absolute atomic E-state index is 0.0887. The molecule has 108 valence electrons. The first kappa shape index (κ1) is 13.2. The molecule has 2 aromatic rings. The fourth-order valence-corrected chi connectivity index (χ4v) is 2.29. The van der Waals surface area contributed by atoms with Crippen molar-refractivity contribution in [1.82, 2.24) is 15.0 Å². The maximum Gasteiger partial charge on any atom is 0.305 e. The minimum atomic E-state index is -0.495. The molecule has 8 heteroatoms. The molecule has 0 spiro atoms. The van der Waals surface area contributed by atoms with Crippen LogP contribution in [0.2, 0.25) is 0 Å². The Morgan fingerprint density at radius 2 is 1.57 bits per heavy atom. The highest BCUT2D eigenvalue weighted by atomic mass is 16.6. The zero-order chi connectivity index (χ0) is 14.7. The number of nitro groups is 1. The zero-order valence-corrected chi connectivity index (χ0v) is 11.3. The number of piperazine rings is 1. The van der Waals surface area contributed by atoms with Crippen LogP contribution in [0.25, 0.3) is 0 Å². The van der Waals surface area contributed by atoms with Crippen molar-refractivity contribution in [3.05, 3.63) is 47.0 Å². The van der Waals surface area contributed by atoms with Gasteiger partial charge < -0.3 is 9.80 Å². The molecular formula is C13H14N6O2. The topological polar surface area (TPSA) is 88.3 Å². The molecule has 1 aliphatic rings. The van der Waals surface area contributed by atoms with Crippen LogP contribution in [-0.2, 0) is 0 Å². The maximum atomic E-state index is 10.6. The van der Waals surface area contributed by atoms with Crippen LogP contribution in [0.1, 0.15) is 0 Å². The molecule has 0 amide bonds. The molecule has 1 fully saturated rings. The standard InChI is InChI=1S/C13H14N6O2/c20-19(21)12-9-15-13(16-10-12)18-7-5-17(6-8-18)11-1-3-14-4-2-11/h1-4,9-10H,5-8H2. The van der Waals surface area contributed by atoms with Gasteiger partial charge in [0.2, 0.25) is 5.95 Å². The number of aromatic nitrogens is 3. The highest BCUT2D eigenvalue weighted by Crippen LogP contribution is 2.18. The lowest BCUT2D eigenvalue weighted by atomic mass is 10.3. The van der Waals surface area contributed by atoms with E-state index >= 15 is 0 Å². The third kappa shape index (κ3) is 2.88. The lowest BCUT2D eigenvalue weighted by Crippen LogP contribution is -2.47. The van der Waals surface area contributed by atoms with Crippen molar-refractivity contribution < 1.29 is 4.92 Å². The van der Waals surface area contributed by atoms with E-state index in [2.05, 4.69) is 19.9 Å². The first-order valence-electron chi connectivity index (χ1n) is 6.60. The van der Waals surface area contributed by atoms with Gasteiger partial charge in [-0.1, -0.05) is 0 Å². The third-order valence-corrected chi connectivity index (χ3v) is 3.43. The van der Waals surface area contributed by atoms with Crippen molar-refractivity contribution >= 4 is 17.3 Å². The summed E-state index contributed by atoms with van der Waals surface area (Å²) in [5.74, 6) is 0.537. The van der Waals surface area contributed by atoms with E-state index in [1.165, 1.54) is 12.4 Å². The van der Waals surface area contributed by atoms with Gasteiger partial charge in [-0.15, -0.1) is 0 Å². The number of anilines is 2. The van der Waals surface area contributed by atoms with Crippen molar-refractivity contribution in [1.29, 1.82) is 0 Å². The van der Waals surface area contributed by atoms with E-state index in [0.717, 1.165) is 31.9 Å². The predicted octanol–water partition coefficient (Wildman–Crippen LogP) is 1.11. The lowest BCUT2D eigenvalue weighted by molar-refractivity contribution is -0.385. The predicted molar refractivity (Wildman–Crippen MR) is 77.3 cm³/mol. The van der Waals surface area contributed by atoms with E-state index in [0.29, 0.717) is 5.95 Å². The molecule has 0 atom stereocenters. The van der Waals surface area contributed by atoms with Gasteiger partial charge >= 0.3 is 5.69 Å². The molecule has 0 unspecified atom stereocenters. The lowest BCUT2D eigenvalue weighted by Gasteiger charge is -2.35. The van der Waals surface area contributed by atoms with E-state index < -0.39 is 4.92 Å². The van der Waals surface area contributed by atoms with E-state index in [1.54, 1.807) is 12.4 Å². The van der Waals surface area contributed by atoms with Crippen molar-refractivity contribution in [3.8, 4) is 0 Å². The summed E-state index contributed by atoms with van der Waals surface area (Å²) >= 11 is 0. The fraction of sp³-hybridized carbons (Fsp3) is 0.308. The smallest absolute Gasteiger partial charge is 0.305 e. The Morgan fingerprint density at radius 1 is 1.00 bits per heavy atom. The van der Waals surface area contributed by atoms with Crippen LogP contribution >= 0.6 is 0 Å². The van der Waals surface area contributed by atoms with Gasteiger partial charge in [0, 0.05) is 44.3 Å². The van der Waals surface area contributed by atoms with Gasteiger partial charge in [-0.05, 0) is 12.1 Å². The van der Waals surface area contributed by atoms with Crippen molar-refractivity contribution in [2.24, 2.45) is 0 Å². The molecule has 0 N–H and O–H groups in total. The molecule has 0 saturated carbocycles. The number of hydrogen-bond acceptors (Lipinski definition) is 7. The fourth-order valence-electron chi connectivity index (χ4n) is 2.29. The third-order valence-electron chi connectivity index (χ3n) is 3.43. The second-order valence-electron chi connectivity index (χ2n) is 4.68. The summed E-state index contributed by atoms with van der Waals surface area (Å²) in [7, 11) is 0. The quantitative estimate of drug-likeness (QED) is 0.616. The molecule has 1 saturated heterocycles. The highest BCUT2D eigenvalue weighted by Gasteiger charge is 2.19. The second-order valence-corrected chi connectivity index (χ2v) is 4.68. The Morgan fingerprint density at radius 3 is 2.14 bits per heavy atom. The molecule has 3 heterocycles. The van der Waals surface area contributed by atoms with Crippen LogP contribution in [-0.4, -0.2) is 46.1 Å². The molecular weight excluding hydrogens is 272 g/mol. The summed E-state index contributed by atoms with van der Waals surface area (Å²) in [6.07, 6.45) is 6.05. The average Bonchev–Trinajstić information content (AvgIpc) is 2.56. The highest BCUT2D eigenvalue weighted by molar-refractivity contribution is 5.47. The van der Waals surface area contributed by atoms with Crippen LogP contribution in [0.15, 0.2) is 36.9 Å². The van der Waals surface area contributed by atoms with Gasteiger partial charge in [0.1, 0.15) is 12.4 Å². The molecule has 0 bridgehead atoms. The molecule has 2 aromatic heterocycles. The number of pyridine rings is 1. The van der Waals surface area contributed by atoms with Crippen LogP contribution in [0, 0.1) is 10.1 Å². The first-order chi connectivity index (χ1) is 10.2. The van der Waals surface area contributed by atoms with Crippen molar-refractivity contribution in [2.45, 2.75) is 0 Å². The molecule has 3 rings (SSSR count). The van der Waals surface area contributed by atoms with Crippen LogP contribution in [0.5, 0.6) is 0 Å². The Balaban J connectivity index is 1.64. The monoisotopic (exact) mass is 286 g/mol.